The van der Waals surface area contributed by atoms with Crippen molar-refractivity contribution in [1.29, 1.82) is 5.41 Å². The molecule has 3 N–H and O–H groups in total. The quantitative estimate of drug-likeness (QED) is 0.513. The number of allylic oxidation sites excluding steroid dienone is 1. The van der Waals surface area contributed by atoms with E-state index in [1.54, 1.807) is 19.3 Å². The number of nitrogens with zero attached hydrogens (tertiary/aromatic N) is 3. The summed E-state index contributed by atoms with van der Waals surface area (Å²) >= 11 is 0. The van der Waals surface area contributed by atoms with Gasteiger partial charge in [-0.3, -0.25) is 4.79 Å². The van der Waals surface area contributed by atoms with E-state index in [0.29, 0.717) is 36.1 Å². The molecule has 166 valence electrons. The first-order valence-electron chi connectivity index (χ1n) is 10.6. The van der Waals surface area contributed by atoms with Gasteiger partial charge < -0.3 is 20.6 Å². The average molecular weight is 434 g/mol. The highest BCUT2D eigenvalue weighted by Gasteiger charge is 2.28. The Kier molecular flexibility index (Phi) is 6.43. The van der Waals surface area contributed by atoms with Crippen LogP contribution in [0.2, 0.25) is 0 Å². The molecule has 2 aromatic carbocycles. The van der Waals surface area contributed by atoms with Crippen LogP contribution in [0.15, 0.2) is 53.5 Å². The molecule has 4 rings (SSSR count). The molecule has 8 nitrogen and oxygen atoms in total. The van der Waals surface area contributed by atoms with Crippen molar-refractivity contribution in [3.05, 3.63) is 81.3 Å². The molecule has 0 saturated carbocycles. The molecule has 8 heteroatoms. The third-order valence-corrected chi connectivity index (χ3v) is 5.82. The molecule has 2 atom stereocenters. The van der Waals surface area contributed by atoms with Crippen molar-refractivity contribution >= 4 is 16.6 Å². The number of rotatable bonds is 6. The molecule has 1 saturated heterocycles. The topological polar surface area (TPSA) is 113 Å². The van der Waals surface area contributed by atoms with E-state index in [0.717, 1.165) is 22.3 Å². The first-order valence-corrected chi connectivity index (χ1v) is 10.6. The summed E-state index contributed by atoms with van der Waals surface area (Å²) in [6.45, 7) is 2.71. The molecule has 32 heavy (non-hydrogen) atoms. The van der Waals surface area contributed by atoms with E-state index in [1.165, 1.54) is 4.68 Å². The minimum absolute atomic E-state index is 0.241. The highest BCUT2D eigenvalue weighted by Crippen LogP contribution is 2.21. The van der Waals surface area contributed by atoms with Crippen molar-refractivity contribution in [2.75, 3.05) is 20.3 Å². The normalized spacial score (nSPS) is 18.8. The number of aromatic nitrogens is 3. The van der Waals surface area contributed by atoms with Crippen LogP contribution in [0.5, 0.6) is 0 Å². The fourth-order valence-corrected chi connectivity index (χ4v) is 3.89. The maximum atomic E-state index is 13.2. The van der Waals surface area contributed by atoms with Crippen LogP contribution in [0.1, 0.15) is 34.7 Å². The van der Waals surface area contributed by atoms with Crippen LogP contribution < -0.4 is 10.9 Å². The summed E-state index contributed by atoms with van der Waals surface area (Å²) in [7, 11) is 1.80. The summed E-state index contributed by atoms with van der Waals surface area (Å²) in [5.41, 5.74) is 4.67. The number of hydrogen-bond acceptors (Lipinski definition) is 7. The fraction of sp³-hybridized carbons (Fsp3) is 0.333. The summed E-state index contributed by atoms with van der Waals surface area (Å²) in [6.07, 6.45) is 3.87. The number of aliphatic hydroxyl groups is 1. The molecule has 0 radical (unpaired) electrons. The minimum Gasteiger partial charge on any atom is -0.394 e. The Morgan fingerprint density at radius 2 is 2.12 bits per heavy atom. The lowest BCUT2D eigenvalue weighted by Crippen LogP contribution is -2.41. The van der Waals surface area contributed by atoms with Gasteiger partial charge in [-0.2, -0.15) is 0 Å². The first-order chi connectivity index (χ1) is 15.5. The minimum atomic E-state index is -0.682. The van der Waals surface area contributed by atoms with Gasteiger partial charge in [-0.05, 0) is 66.4 Å². The Bertz CT molecular complexity index is 1220. The third-order valence-electron chi connectivity index (χ3n) is 5.82. The largest absolute Gasteiger partial charge is 0.394 e. The van der Waals surface area contributed by atoms with Crippen molar-refractivity contribution in [2.24, 2.45) is 0 Å². The lowest BCUT2D eigenvalue weighted by Gasteiger charge is -2.27. The molecule has 0 unspecified atom stereocenters. The van der Waals surface area contributed by atoms with E-state index in [9.17, 15) is 9.90 Å². The number of benzene rings is 2. The number of aryl methyl sites for hydroxylation is 1. The Morgan fingerprint density at radius 3 is 2.84 bits per heavy atom. The highest BCUT2D eigenvalue weighted by atomic mass is 16.5. The Balaban J connectivity index is 1.63. The van der Waals surface area contributed by atoms with E-state index in [1.807, 2.05) is 43.3 Å². The number of hydrogen-bond donors (Lipinski definition) is 3. The lowest BCUT2D eigenvalue weighted by molar-refractivity contribution is -0.0352. The zero-order valence-corrected chi connectivity index (χ0v) is 18.2. The molecular weight excluding hydrogens is 406 g/mol. The molecule has 0 spiro atoms. The maximum Gasteiger partial charge on any atom is 0.278 e. The van der Waals surface area contributed by atoms with Gasteiger partial charge in [0.2, 0.25) is 0 Å². The van der Waals surface area contributed by atoms with Crippen molar-refractivity contribution in [3.8, 4) is 0 Å². The zero-order chi connectivity index (χ0) is 22.7. The standard InChI is InChI=1S/C24H27N5O3/c1-15-11-21-19(24(31)29(28-27-21)22-14-32-10-8-23(22)30)13-18(15)12-16-3-5-17(6-4-16)20(25)7-9-26-2/h3-7,9,11,13,22-23,25-26,30H,8,10,12,14H2,1-2H3/b9-7-,25-20?/t22-,23-/m0/s1. The Labute approximate surface area is 186 Å². The maximum absolute atomic E-state index is 13.2. The second-order valence-corrected chi connectivity index (χ2v) is 8.04. The Hall–Kier alpha value is -3.36. The predicted octanol–water partition coefficient (Wildman–Crippen LogP) is 2.11. The van der Waals surface area contributed by atoms with Crippen molar-refractivity contribution in [1.82, 2.24) is 20.3 Å². The monoisotopic (exact) mass is 433 g/mol. The SMILES string of the molecule is CN/C=C\C(=N)c1ccc(Cc2cc3c(=O)n([C@H]4COCC[C@@H]4O)nnc3cc2C)cc1. The van der Waals surface area contributed by atoms with Crippen LogP contribution in [0.25, 0.3) is 10.9 Å². The second-order valence-electron chi connectivity index (χ2n) is 8.04. The lowest BCUT2D eigenvalue weighted by atomic mass is 9.97. The molecule has 1 aliphatic heterocycles. The summed E-state index contributed by atoms with van der Waals surface area (Å²) < 4.78 is 6.69. The van der Waals surface area contributed by atoms with Gasteiger partial charge in [0.05, 0.1) is 23.8 Å². The van der Waals surface area contributed by atoms with Crippen molar-refractivity contribution in [3.63, 3.8) is 0 Å². The van der Waals surface area contributed by atoms with E-state index in [-0.39, 0.29) is 12.2 Å². The summed E-state index contributed by atoms with van der Waals surface area (Å²) in [4.78, 5) is 13.2. The molecular formula is C24H27N5O3. The van der Waals surface area contributed by atoms with Gasteiger partial charge in [0.1, 0.15) is 11.6 Å². The van der Waals surface area contributed by atoms with Gasteiger partial charge in [-0.25, -0.2) is 4.68 Å². The van der Waals surface area contributed by atoms with Crippen molar-refractivity contribution in [2.45, 2.75) is 31.9 Å². The molecule has 1 aromatic heterocycles. The molecule has 1 fully saturated rings. The van der Waals surface area contributed by atoms with Crippen LogP contribution in [-0.4, -0.2) is 52.2 Å². The second kappa shape index (κ2) is 9.42. The number of aliphatic hydroxyl groups excluding tert-OH is 1. The van der Waals surface area contributed by atoms with E-state index < -0.39 is 12.1 Å². The number of fused-ring (bicyclic) bond motifs is 1. The number of nitrogens with one attached hydrogen (secondary N) is 2. The van der Waals surface area contributed by atoms with Crippen LogP contribution in [0.3, 0.4) is 0 Å². The molecule has 0 amide bonds. The average Bonchev–Trinajstić information content (AvgIpc) is 2.80. The van der Waals surface area contributed by atoms with Gasteiger partial charge in [0, 0.05) is 13.7 Å². The third kappa shape index (κ3) is 4.46. The Morgan fingerprint density at radius 1 is 1.34 bits per heavy atom. The van der Waals surface area contributed by atoms with Gasteiger partial charge in [0.15, 0.2) is 0 Å². The summed E-state index contributed by atoms with van der Waals surface area (Å²) in [6, 6.07) is 11.1. The van der Waals surface area contributed by atoms with Gasteiger partial charge >= 0.3 is 0 Å². The predicted molar refractivity (Wildman–Crippen MR) is 123 cm³/mol. The molecule has 0 bridgehead atoms. The highest BCUT2D eigenvalue weighted by molar-refractivity contribution is 6.06. The first kappa shape index (κ1) is 21.9. The van der Waals surface area contributed by atoms with Gasteiger partial charge in [0.25, 0.3) is 5.56 Å². The van der Waals surface area contributed by atoms with Crippen molar-refractivity contribution < 1.29 is 9.84 Å². The number of ether oxygens (including phenoxy) is 1. The van der Waals surface area contributed by atoms with Crippen LogP contribution in [0, 0.1) is 12.3 Å². The molecule has 2 heterocycles. The fourth-order valence-electron chi connectivity index (χ4n) is 3.89. The smallest absolute Gasteiger partial charge is 0.278 e. The van der Waals surface area contributed by atoms with Crippen LogP contribution >= 0.6 is 0 Å². The van der Waals surface area contributed by atoms with E-state index in [2.05, 4.69) is 15.6 Å². The van der Waals surface area contributed by atoms with E-state index in [4.69, 9.17) is 10.1 Å². The van der Waals surface area contributed by atoms with Crippen LogP contribution in [-0.2, 0) is 11.2 Å². The van der Waals surface area contributed by atoms with Gasteiger partial charge in [-0.1, -0.05) is 29.5 Å². The molecule has 3 aromatic rings. The molecule has 1 aliphatic rings. The summed E-state index contributed by atoms with van der Waals surface area (Å²) in [5.74, 6) is 0. The molecule has 0 aliphatic carbocycles. The van der Waals surface area contributed by atoms with Gasteiger partial charge in [-0.15, -0.1) is 5.10 Å². The summed E-state index contributed by atoms with van der Waals surface area (Å²) in [5, 5.41) is 30.0. The van der Waals surface area contributed by atoms with E-state index >= 15 is 0 Å². The zero-order valence-electron chi connectivity index (χ0n) is 18.2. The van der Waals surface area contributed by atoms with Crippen LogP contribution in [0.4, 0.5) is 0 Å².